The van der Waals surface area contributed by atoms with Gasteiger partial charge in [-0.05, 0) is 63.2 Å². The maximum atomic E-state index is 8.74. The second kappa shape index (κ2) is 8.86. The zero-order chi connectivity index (χ0) is 13.4. The van der Waals surface area contributed by atoms with Crippen LogP contribution < -0.4 is 11.5 Å². The molecule has 0 atom stereocenters. The third-order valence-corrected chi connectivity index (χ3v) is 4.30. The molecular formula is C14H30N2O2. The minimum absolute atomic E-state index is 0.354. The van der Waals surface area contributed by atoms with E-state index >= 15 is 0 Å². The van der Waals surface area contributed by atoms with Crippen LogP contribution >= 0.6 is 0 Å². The van der Waals surface area contributed by atoms with Crippen molar-refractivity contribution >= 4 is 0 Å². The third kappa shape index (κ3) is 6.14. The lowest BCUT2D eigenvalue weighted by Gasteiger charge is -2.23. The molecule has 0 radical (unpaired) electrons. The largest absolute Gasteiger partial charge is 0.396 e. The minimum atomic E-state index is 0.354. The summed E-state index contributed by atoms with van der Waals surface area (Å²) in [5.41, 5.74) is 11.3. The lowest BCUT2D eigenvalue weighted by atomic mass is 9.87. The van der Waals surface area contributed by atoms with Gasteiger partial charge in [0.05, 0.1) is 0 Å². The standard InChI is InChI=1S/2C7H15NO/c2*8-7-3-1-6(5-9)2-4-7/h2*6-7,9H,1-5,8H2. The maximum Gasteiger partial charge on any atom is 0.0459 e. The molecule has 4 heteroatoms. The SMILES string of the molecule is NC1CCC(CO)CC1.NC1CCC(CO)CC1. The third-order valence-electron chi connectivity index (χ3n) is 4.30. The van der Waals surface area contributed by atoms with Crippen LogP contribution in [0.4, 0.5) is 0 Å². The van der Waals surface area contributed by atoms with E-state index in [0.29, 0.717) is 37.1 Å². The van der Waals surface area contributed by atoms with Gasteiger partial charge in [-0.25, -0.2) is 0 Å². The molecule has 0 aromatic carbocycles. The Bertz CT molecular complexity index is 176. The average Bonchev–Trinajstić information content (AvgIpc) is 2.41. The van der Waals surface area contributed by atoms with E-state index in [-0.39, 0.29) is 0 Å². The van der Waals surface area contributed by atoms with Gasteiger partial charge in [0.25, 0.3) is 0 Å². The molecule has 0 bridgehead atoms. The Morgan fingerprint density at radius 3 is 1.11 bits per heavy atom. The van der Waals surface area contributed by atoms with Crippen LogP contribution in [0.15, 0.2) is 0 Å². The topological polar surface area (TPSA) is 92.5 Å². The van der Waals surface area contributed by atoms with Crippen LogP contribution in [0.1, 0.15) is 51.4 Å². The summed E-state index contributed by atoms with van der Waals surface area (Å²) in [6.45, 7) is 0.708. The van der Waals surface area contributed by atoms with Gasteiger partial charge >= 0.3 is 0 Å². The van der Waals surface area contributed by atoms with Crippen LogP contribution in [-0.4, -0.2) is 35.5 Å². The summed E-state index contributed by atoms with van der Waals surface area (Å²) in [6, 6.07) is 0.820. The molecule has 2 aliphatic rings. The quantitative estimate of drug-likeness (QED) is 0.594. The van der Waals surface area contributed by atoms with Crippen molar-refractivity contribution in [3.8, 4) is 0 Å². The highest BCUT2D eigenvalue weighted by Gasteiger charge is 2.17. The van der Waals surface area contributed by atoms with Crippen LogP contribution in [0.2, 0.25) is 0 Å². The molecule has 0 aliphatic heterocycles. The summed E-state index contributed by atoms with van der Waals surface area (Å²) in [7, 11) is 0. The lowest BCUT2D eigenvalue weighted by Crippen LogP contribution is -2.27. The summed E-state index contributed by atoms with van der Waals surface area (Å²) in [6.07, 6.45) is 8.90. The van der Waals surface area contributed by atoms with Crippen molar-refractivity contribution < 1.29 is 10.2 Å². The summed E-state index contributed by atoms with van der Waals surface area (Å²) in [5.74, 6) is 1.09. The first kappa shape index (κ1) is 15.9. The van der Waals surface area contributed by atoms with Gasteiger partial charge in [0.2, 0.25) is 0 Å². The minimum Gasteiger partial charge on any atom is -0.396 e. The van der Waals surface area contributed by atoms with E-state index in [9.17, 15) is 0 Å². The van der Waals surface area contributed by atoms with Crippen LogP contribution in [0.25, 0.3) is 0 Å². The van der Waals surface area contributed by atoms with Gasteiger partial charge in [-0.15, -0.1) is 0 Å². The molecule has 2 saturated carbocycles. The molecular weight excluding hydrogens is 228 g/mol. The first-order valence-corrected chi connectivity index (χ1v) is 7.38. The first-order valence-electron chi connectivity index (χ1n) is 7.38. The number of aliphatic hydroxyl groups is 2. The average molecular weight is 258 g/mol. The Hall–Kier alpha value is -0.160. The van der Waals surface area contributed by atoms with Gasteiger partial charge in [-0.3, -0.25) is 0 Å². The van der Waals surface area contributed by atoms with Crippen LogP contribution in [-0.2, 0) is 0 Å². The van der Waals surface area contributed by atoms with Crippen LogP contribution in [0, 0.1) is 11.8 Å². The Morgan fingerprint density at radius 1 is 0.611 bits per heavy atom. The predicted octanol–water partition coefficient (Wildman–Crippen LogP) is 0.992. The Kier molecular flexibility index (Phi) is 7.82. The lowest BCUT2D eigenvalue weighted by molar-refractivity contribution is 0.183. The number of rotatable bonds is 2. The molecule has 0 heterocycles. The summed E-state index contributed by atoms with van der Waals surface area (Å²) in [5, 5.41) is 17.5. The van der Waals surface area contributed by atoms with Crippen molar-refractivity contribution in [3.05, 3.63) is 0 Å². The van der Waals surface area contributed by atoms with Gasteiger partial charge in [-0.2, -0.15) is 0 Å². The van der Waals surface area contributed by atoms with E-state index in [1.807, 2.05) is 0 Å². The normalized spacial score (nSPS) is 36.7. The molecule has 2 fully saturated rings. The molecule has 0 aromatic heterocycles. The molecule has 0 spiro atoms. The van der Waals surface area contributed by atoms with Gasteiger partial charge in [-0.1, -0.05) is 0 Å². The van der Waals surface area contributed by atoms with Crippen LogP contribution in [0.3, 0.4) is 0 Å². The molecule has 108 valence electrons. The smallest absolute Gasteiger partial charge is 0.0459 e. The van der Waals surface area contributed by atoms with Gasteiger partial charge in [0.15, 0.2) is 0 Å². The zero-order valence-corrected chi connectivity index (χ0v) is 11.4. The zero-order valence-electron chi connectivity index (χ0n) is 11.4. The molecule has 2 aliphatic carbocycles. The summed E-state index contributed by atoms with van der Waals surface area (Å²) < 4.78 is 0. The van der Waals surface area contributed by atoms with E-state index in [1.165, 1.54) is 0 Å². The number of nitrogens with two attached hydrogens (primary N) is 2. The number of hydrogen-bond acceptors (Lipinski definition) is 4. The van der Waals surface area contributed by atoms with Gasteiger partial charge in [0, 0.05) is 25.3 Å². The molecule has 0 aromatic rings. The highest BCUT2D eigenvalue weighted by Crippen LogP contribution is 2.22. The monoisotopic (exact) mass is 258 g/mol. The Balaban J connectivity index is 0.000000180. The molecule has 0 saturated heterocycles. The van der Waals surface area contributed by atoms with Crippen molar-refractivity contribution in [1.82, 2.24) is 0 Å². The van der Waals surface area contributed by atoms with E-state index < -0.39 is 0 Å². The molecule has 2 rings (SSSR count). The van der Waals surface area contributed by atoms with Crippen molar-refractivity contribution in [2.75, 3.05) is 13.2 Å². The second-order valence-corrected chi connectivity index (χ2v) is 5.93. The Labute approximate surface area is 111 Å². The molecule has 0 amide bonds. The molecule has 18 heavy (non-hydrogen) atoms. The second-order valence-electron chi connectivity index (χ2n) is 5.93. The van der Waals surface area contributed by atoms with E-state index in [0.717, 1.165) is 51.4 Å². The summed E-state index contributed by atoms with van der Waals surface area (Å²) >= 11 is 0. The van der Waals surface area contributed by atoms with Gasteiger partial charge < -0.3 is 21.7 Å². The van der Waals surface area contributed by atoms with Gasteiger partial charge in [0.1, 0.15) is 0 Å². The van der Waals surface area contributed by atoms with E-state index in [2.05, 4.69) is 0 Å². The van der Waals surface area contributed by atoms with Crippen molar-refractivity contribution in [3.63, 3.8) is 0 Å². The predicted molar refractivity (Wildman–Crippen MR) is 74.0 cm³/mol. The fraction of sp³-hybridized carbons (Fsp3) is 1.00. The molecule has 4 nitrogen and oxygen atoms in total. The van der Waals surface area contributed by atoms with E-state index in [1.54, 1.807) is 0 Å². The Morgan fingerprint density at radius 2 is 0.889 bits per heavy atom. The van der Waals surface area contributed by atoms with Crippen molar-refractivity contribution in [2.24, 2.45) is 23.3 Å². The highest BCUT2D eigenvalue weighted by atomic mass is 16.3. The first-order chi connectivity index (χ1) is 8.65. The van der Waals surface area contributed by atoms with Crippen molar-refractivity contribution in [2.45, 2.75) is 63.5 Å². The molecule has 6 N–H and O–H groups in total. The van der Waals surface area contributed by atoms with Crippen LogP contribution in [0.5, 0.6) is 0 Å². The highest BCUT2D eigenvalue weighted by molar-refractivity contribution is 4.73. The number of aliphatic hydroxyl groups excluding tert-OH is 2. The fourth-order valence-electron chi connectivity index (χ4n) is 2.74. The van der Waals surface area contributed by atoms with Crippen molar-refractivity contribution in [1.29, 1.82) is 0 Å². The summed E-state index contributed by atoms with van der Waals surface area (Å²) in [4.78, 5) is 0. The maximum absolute atomic E-state index is 8.74. The fourth-order valence-corrected chi connectivity index (χ4v) is 2.74. The van der Waals surface area contributed by atoms with E-state index in [4.69, 9.17) is 21.7 Å². The molecule has 0 unspecified atom stereocenters. The number of hydrogen-bond donors (Lipinski definition) is 4.